The second-order valence-corrected chi connectivity index (χ2v) is 17.1. The van der Waals surface area contributed by atoms with Gasteiger partial charge in [0.05, 0.1) is 29.1 Å². The van der Waals surface area contributed by atoms with E-state index in [1.807, 2.05) is 38.7 Å². The van der Waals surface area contributed by atoms with Gasteiger partial charge in [-0.3, -0.25) is 9.59 Å². The molecule has 19 heteroatoms. The topological polar surface area (TPSA) is 171 Å². The molecular formula is C44H50ClF3N8O7. The largest absolute Gasteiger partial charge is 0.573 e. The van der Waals surface area contributed by atoms with Crippen molar-refractivity contribution in [2.45, 2.75) is 78.6 Å². The second kappa shape index (κ2) is 18.6. The van der Waals surface area contributed by atoms with Gasteiger partial charge in [-0.05, 0) is 64.3 Å². The molecule has 63 heavy (non-hydrogen) atoms. The van der Waals surface area contributed by atoms with Gasteiger partial charge in [-0.25, -0.2) is 19.6 Å². The van der Waals surface area contributed by atoms with Gasteiger partial charge in [-0.15, -0.1) is 13.2 Å². The number of H-pyrrole nitrogens is 1. The number of methoxy groups -OCH3 is 1. The van der Waals surface area contributed by atoms with E-state index in [0.29, 0.717) is 54.6 Å². The highest BCUT2D eigenvalue weighted by Crippen LogP contribution is 2.41. The first kappa shape index (κ1) is 46.2. The standard InChI is InChI=1S/C44H50ClF3N8O7/c1-24(2)37(53-41(59)61-8)40(58)56-22-25(3)17-34(56)38-50-21-33(51-38)28-11-9-27(10-12-28)30-18-31(45)32(19-35(30)62-44(46,47)48)52-39(57)29-13-14-36(49-20-29)55-16-15-54(23-26(55)4)42(60)63-43(5,6)7/h9-14,17-21,24,26,34,37H,15-16,22-23H2,1-8H3,(H,50,51)(H,52,57)(H,53,59)/t26-,34+,37+/m1/s1. The summed E-state index contributed by atoms with van der Waals surface area (Å²) in [6, 6.07) is 10.5. The Bertz CT molecular complexity index is 2360. The minimum atomic E-state index is -5.07. The summed E-state index contributed by atoms with van der Waals surface area (Å²) >= 11 is 6.59. The monoisotopic (exact) mass is 894 g/mol. The van der Waals surface area contributed by atoms with Crippen LogP contribution in [0, 0.1) is 5.92 Å². The normalized spacial score (nSPS) is 17.3. The van der Waals surface area contributed by atoms with E-state index in [4.69, 9.17) is 26.1 Å². The zero-order valence-corrected chi connectivity index (χ0v) is 36.9. The molecule has 6 rings (SSSR count). The minimum Gasteiger partial charge on any atom is -0.453 e. The Kier molecular flexibility index (Phi) is 13.6. The van der Waals surface area contributed by atoms with Crippen molar-refractivity contribution in [2.75, 3.05) is 43.5 Å². The molecule has 1 fully saturated rings. The molecule has 0 aliphatic carbocycles. The average molecular weight is 895 g/mol. The summed E-state index contributed by atoms with van der Waals surface area (Å²) in [7, 11) is 1.23. The summed E-state index contributed by atoms with van der Waals surface area (Å²) in [5, 5.41) is 5.15. The molecule has 15 nitrogen and oxygen atoms in total. The Morgan fingerprint density at radius 2 is 1.70 bits per heavy atom. The Morgan fingerprint density at radius 3 is 2.30 bits per heavy atom. The number of amides is 4. The molecule has 0 bridgehead atoms. The van der Waals surface area contributed by atoms with Gasteiger partial charge >= 0.3 is 18.5 Å². The predicted octanol–water partition coefficient (Wildman–Crippen LogP) is 8.60. The van der Waals surface area contributed by atoms with Crippen LogP contribution in [0.2, 0.25) is 5.02 Å². The number of aromatic nitrogens is 3. The van der Waals surface area contributed by atoms with Crippen molar-refractivity contribution in [3.63, 3.8) is 0 Å². The van der Waals surface area contributed by atoms with Crippen molar-refractivity contribution in [1.82, 2.24) is 30.1 Å². The Morgan fingerprint density at radius 1 is 1.00 bits per heavy atom. The highest BCUT2D eigenvalue weighted by molar-refractivity contribution is 6.34. The lowest BCUT2D eigenvalue weighted by Crippen LogP contribution is -2.54. The first-order valence-corrected chi connectivity index (χ1v) is 20.6. The molecule has 3 atom stereocenters. The number of alkyl carbamates (subject to hydrolysis) is 1. The maximum Gasteiger partial charge on any atom is 0.573 e. The Hall–Kier alpha value is -6.30. The quantitative estimate of drug-likeness (QED) is 0.131. The Balaban J connectivity index is 1.16. The number of aromatic amines is 1. The second-order valence-electron chi connectivity index (χ2n) is 16.7. The molecule has 0 saturated carbocycles. The van der Waals surface area contributed by atoms with Gasteiger partial charge in [0.25, 0.3) is 5.91 Å². The van der Waals surface area contributed by atoms with E-state index < -0.39 is 47.9 Å². The molecule has 2 aromatic heterocycles. The molecule has 1 saturated heterocycles. The number of hydrogen-bond donors (Lipinski definition) is 3. The van der Waals surface area contributed by atoms with Gasteiger partial charge in [0, 0.05) is 61.8 Å². The van der Waals surface area contributed by atoms with E-state index in [0.717, 1.165) is 11.6 Å². The molecule has 0 unspecified atom stereocenters. The van der Waals surface area contributed by atoms with Crippen LogP contribution in [-0.2, 0) is 14.3 Å². The molecular weight excluding hydrogens is 845 g/mol. The van der Waals surface area contributed by atoms with Crippen molar-refractivity contribution in [2.24, 2.45) is 5.92 Å². The van der Waals surface area contributed by atoms with Gasteiger partial charge < -0.3 is 44.5 Å². The van der Waals surface area contributed by atoms with Crippen molar-refractivity contribution in [3.05, 3.63) is 89.0 Å². The zero-order valence-electron chi connectivity index (χ0n) is 36.1. The molecule has 0 radical (unpaired) electrons. The third-order valence-corrected chi connectivity index (χ3v) is 10.7. The van der Waals surface area contributed by atoms with Crippen molar-refractivity contribution >= 4 is 47.1 Å². The van der Waals surface area contributed by atoms with E-state index in [9.17, 15) is 32.3 Å². The summed E-state index contributed by atoms with van der Waals surface area (Å²) in [5.74, 6) is -0.741. The number of pyridine rings is 1. The first-order valence-electron chi connectivity index (χ1n) is 20.2. The highest BCUT2D eigenvalue weighted by Gasteiger charge is 2.37. The van der Waals surface area contributed by atoms with Gasteiger partial charge in [0.2, 0.25) is 5.91 Å². The predicted molar refractivity (Wildman–Crippen MR) is 230 cm³/mol. The SMILES string of the molecule is COC(=O)N[C@H](C(=O)N1CC(C)=C[C@H]1c1nc(-c2ccc(-c3cc(Cl)c(NC(=O)c4ccc(N5CCN(C(=O)OC(C)(C)C)C[C@H]5C)nc4)cc3OC(F)(F)F)cc2)c[nH]1)C(C)C. The number of anilines is 2. The summed E-state index contributed by atoms with van der Waals surface area (Å²) in [6.07, 6.45) is -1.27. The molecule has 4 heterocycles. The number of imidazole rings is 1. The fourth-order valence-corrected chi connectivity index (χ4v) is 7.53. The number of carbonyl (C=O) groups excluding carboxylic acids is 4. The minimum absolute atomic E-state index is 0.0116. The third-order valence-electron chi connectivity index (χ3n) is 10.4. The number of hydrogen-bond acceptors (Lipinski definition) is 10. The maximum atomic E-state index is 13.8. The molecule has 4 amide bonds. The lowest BCUT2D eigenvalue weighted by Gasteiger charge is -2.40. The van der Waals surface area contributed by atoms with E-state index in [2.05, 4.69) is 25.3 Å². The summed E-state index contributed by atoms with van der Waals surface area (Å²) in [5.41, 5.74) is 1.80. The van der Waals surface area contributed by atoms with E-state index >= 15 is 0 Å². The van der Waals surface area contributed by atoms with Crippen LogP contribution in [0.25, 0.3) is 22.4 Å². The zero-order chi connectivity index (χ0) is 46.0. The molecule has 336 valence electrons. The van der Waals surface area contributed by atoms with Crippen molar-refractivity contribution in [3.8, 4) is 28.1 Å². The summed E-state index contributed by atoms with van der Waals surface area (Å²) in [6.45, 7) is 14.5. The molecule has 3 N–H and O–H groups in total. The Labute approximate surface area is 367 Å². The van der Waals surface area contributed by atoms with Gasteiger partial charge in [0.15, 0.2) is 0 Å². The van der Waals surface area contributed by atoms with Crippen LogP contribution in [0.5, 0.6) is 5.75 Å². The van der Waals surface area contributed by atoms with Crippen molar-refractivity contribution in [1.29, 1.82) is 0 Å². The fraction of sp³-hybridized carbons (Fsp3) is 0.409. The van der Waals surface area contributed by atoms with E-state index in [1.54, 1.807) is 67.1 Å². The number of piperazine rings is 1. The number of halogens is 4. The van der Waals surface area contributed by atoms with Crippen LogP contribution >= 0.6 is 11.6 Å². The van der Waals surface area contributed by atoms with Crippen LogP contribution in [0.3, 0.4) is 0 Å². The number of rotatable bonds is 10. The van der Waals surface area contributed by atoms with Crippen LogP contribution in [0.15, 0.2) is 72.6 Å². The van der Waals surface area contributed by atoms with Crippen LogP contribution < -0.4 is 20.3 Å². The van der Waals surface area contributed by atoms with Crippen LogP contribution in [0.1, 0.15) is 70.7 Å². The molecule has 2 aromatic carbocycles. The third kappa shape index (κ3) is 11.2. The lowest BCUT2D eigenvalue weighted by molar-refractivity contribution is -0.274. The lowest BCUT2D eigenvalue weighted by atomic mass is 10.0. The van der Waals surface area contributed by atoms with E-state index in [1.165, 1.54) is 25.4 Å². The number of alkyl halides is 3. The van der Waals surface area contributed by atoms with Gasteiger partial charge in [0.1, 0.15) is 35.1 Å². The molecule has 2 aliphatic heterocycles. The highest BCUT2D eigenvalue weighted by atomic mass is 35.5. The van der Waals surface area contributed by atoms with Crippen molar-refractivity contribution < 1.29 is 46.6 Å². The number of ether oxygens (including phenoxy) is 3. The molecule has 2 aliphatic rings. The number of benzene rings is 2. The smallest absolute Gasteiger partial charge is 0.453 e. The number of nitrogens with zero attached hydrogens (tertiary/aromatic N) is 5. The van der Waals surface area contributed by atoms with E-state index in [-0.39, 0.29) is 39.7 Å². The van der Waals surface area contributed by atoms with Gasteiger partial charge in [-0.1, -0.05) is 61.4 Å². The van der Waals surface area contributed by atoms with Crippen LogP contribution in [0.4, 0.5) is 34.3 Å². The molecule has 4 aromatic rings. The maximum absolute atomic E-state index is 13.8. The number of nitrogens with one attached hydrogen (secondary N) is 3. The van der Waals surface area contributed by atoms with Gasteiger partial charge in [-0.2, -0.15) is 0 Å². The summed E-state index contributed by atoms with van der Waals surface area (Å²) < 4.78 is 56.0. The summed E-state index contributed by atoms with van der Waals surface area (Å²) in [4.78, 5) is 69.2. The number of carbonyl (C=O) groups is 4. The molecule has 0 spiro atoms. The van der Waals surface area contributed by atoms with Crippen LogP contribution in [-0.4, -0.2) is 106 Å². The first-order chi connectivity index (χ1) is 29.6. The fourth-order valence-electron chi connectivity index (χ4n) is 7.31. The average Bonchev–Trinajstić information content (AvgIpc) is 3.86.